The van der Waals surface area contributed by atoms with Crippen LogP contribution >= 0.6 is 11.8 Å². The van der Waals surface area contributed by atoms with E-state index in [1.165, 1.54) is 16.7 Å². The van der Waals surface area contributed by atoms with Gasteiger partial charge >= 0.3 is 0 Å². The monoisotopic (exact) mass is 262 g/mol. The van der Waals surface area contributed by atoms with Gasteiger partial charge in [0.1, 0.15) is 0 Å². The lowest BCUT2D eigenvalue weighted by atomic mass is 10.4. The van der Waals surface area contributed by atoms with Gasteiger partial charge in [-0.3, -0.25) is 9.59 Å². The van der Waals surface area contributed by atoms with E-state index in [4.69, 9.17) is 5.11 Å². The van der Waals surface area contributed by atoms with Crippen LogP contribution in [0.4, 0.5) is 0 Å². The third-order valence-electron chi connectivity index (χ3n) is 2.05. The number of rotatable bonds is 9. The first-order valence-electron chi connectivity index (χ1n) is 5.81. The number of nitrogens with zero attached hydrogens (tertiary/aromatic N) is 1. The average molecular weight is 262 g/mol. The first-order valence-corrected chi connectivity index (χ1v) is 6.96. The summed E-state index contributed by atoms with van der Waals surface area (Å²) in [5, 5.41) is 11.3. The van der Waals surface area contributed by atoms with Crippen molar-refractivity contribution < 1.29 is 14.7 Å². The summed E-state index contributed by atoms with van der Waals surface area (Å²) in [6, 6.07) is 0. The molecule has 17 heavy (non-hydrogen) atoms. The van der Waals surface area contributed by atoms with E-state index in [1.807, 2.05) is 6.92 Å². The molecular formula is C11H22N2O3S. The van der Waals surface area contributed by atoms with Crippen LogP contribution in [0.5, 0.6) is 0 Å². The van der Waals surface area contributed by atoms with Gasteiger partial charge in [-0.2, -0.15) is 11.8 Å². The van der Waals surface area contributed by atoms with Crippen molar-refractivity contribution in [3.8, 4) is 0 Å². The Morgan fingerprint density at radius 1 is 1.41 bits per heavy atom. The molecule has 6 heteroatoms. The molecule has 0 saturated heterocycles. The SMILES string of the molecule is CCCNC(=O)CN(C)C(=O)CSCCCO. The van der Waals surface area contributed by atoms with E-state index >= 15 is 0 Å². The summed E-state index contributed by atoms with van der Waals surface area (Å²) in [5.74, 6) is 0.943. The normalized spacial score (nSPS) is 10.1. The Labute approximate surface area is 107 Å². The van der Waals surface area contributed by atoms with E-state index in [1.54, 1.807) is 7.05 Å². The van der Waals surface area contributed by atoms with Crippen LogP contribution < -0.4 is 5.32 Å². The van der Waals surface area contributed by atoms with Gasteiger partial charge in [-0.1, -0.05) is 6.92 Å². The molecule has 2 amide bonds. The van der Waals surface area contributed by atoms with Gasteiger partial charge < -0.3 is 15.3 Å². The first-order chi connectivity index (χ1) is 8.11. The van der Waals surface area contributed by atoms with E-state index in [0.717, 1.165) is 12.2 Å². The Morgan fingerprint density at radius 2 is 2.12 bits per heavy atom. The maximum absolute atomic E-state index is 11.6. The summed E-state index contributed by atoms with van der Waals surface area (Å²) in [6.07, 6.45) is 1.58. The predicted octanol–water partition coefficient (Wildman–Crippen LogP) is 0.0866. The minimum atomic E-state index is -0.122. The fourth-order valence-corrected chi connectivity index (χ4v) is 1.93. The Morgan fingerprint density at radius 3 is 2.71 bits per heavy atom. The fourth-order valence-electron chi connectivity index (χ4n) is 1.06. The number of carbonyl (C=O) groups excluding carboxylic acids is 2. The third kappa shape index (κ3) is 9.00. The lowest BCUT2D eigenvalue weighted by Gasteiger charge is -2.16. The van der Waals surface area contributed by atoms with Crippen molar-refractivity contribution in [2.75, 3.05) is 38.2 Å². The number of hydrogen-bond donors (Lipinski definition) is 2. The highest BCUT2D eigenvalue weighted by atomic mass is 32.2. The fraction of sp³-hybridized carbons (Fsp3) is 0.818. The minimum absolute atomic E-state index is 0.0559. The Kier molecular flexibility index (Phi) is 9.95. The molecular weight excluding hydrogens is 240 g/mol. The largest absolute Gasteiger partial charge is 0.396 e. The van der Waals surface area contributed by atoms with Crippen molar-refractivity contribution in [2.45, 2.75) is 19.8 Å². The molecule has 0 aliphatic heterocycles. The van der Waals surface area contributed by atoms with Gasteiger partial charge in [0.05, 0.1) is 12.3 Å². The molecule has 0 radical (unpaired) electrons. The number of carbonyl (C=O) groups is 2. The highest BCUT2D eigenvalue weighted by Crippen LogP contribution is 2.03. The van der Waals surface area contributed by atoms with E-state index in [9.17, 15) is 9.59 Å². The number of amides is 2. The molecule has 0 bridgehead atoms. The second kappa shape index (κ2) is 10.4. The number of nitrogens with one attached hydrogen (secondary N) is 1. The zero-order valence-corrected chi connectivity index (χ0v) is 11.4. The van der Waals surface area contributed by atoms with Gasteiger partial charge in [-0.15, -0.1) is 0 Å². The summed E-state index contributed by atoms with van der Waals surface area (Å²) in [4.78, 5) is 24.4. The highest BCUT2D eigenvalue weighted by molar-refractivity contribution is 7.99. The highest BCUT2D eigenvalue weighted by Gasteiger charge is 2.11. The van der Waals surface area contributed by atoms with Gasteiger partial charge in [0, 0.05) is 20.2 Å². The molecule has 0 atom stereocenters. The van der Waals surface area contributed by atoms with Crippen molar-refractivity contribution in [1.82, 2.24) is 10.2 Å². The van der Waals surface area contributed by atoms with Crippen LogP contribution in [-0.2, 0) is 9.59 Å². The quantitative estimate of drug-likeness (QED) is 0.578. The van der Waals surface area contributed by atoms with Gasteiger partial charge in [0.25, 0.3) is 0 Å². The first kappa shape index (κ1) is 16.2. The molecule has 0 aliphatic rings. The molecule has 0 aliphatic carbocycles. The molecule has 0 unspecified atom stereocenters. The van der Waals surface area contributed by atoms with Crippen molar-refractivity contribution in [3.05, 3.63) is 0 Å². The molecule has 0 aromatic rings. The number of thioether (sulfide) groups is 1. The Hall–Kier alpha value is -0.750. The molecule has 0 saturated carbocycles. The van der Waals surface area contributed by atoms with Crippen LogP contribution in [0.3, 0.4) is 0 Å². The van der Waals surface area contributed by atoms with E-state index in [0.29, 0.717) is 18.7 Å². The molecule has 100 valence electrons. The number of hydrogen-bond acceptors (Lipinski definition) is 4. The zero-order chi connectivity index (χ0) is 13.1. The summed E-state index contributed by atoms with van der Waals surface area (Å²) in [6.45, 7) is 2.88. The molecule has 2 N–H and O–H groups in total. The van der Waals surface area contributed by atoms with Gasteiger partial charge in [-0.25, -0.2) is 0 Å². The van der Waals surface area contributed by atoms with Crippen molar-refractivity contribution >= 4 is 23.6 Å². The smallest absolute Gasteiger partial charge is 0.239 e. The second-order valence-electron chi connectivity index (χ2n) is 3.73. The molecule has 5 nitrogen and oxygen atoms in total. The lowest BCUT2D eigenvalue weighted by Crippen LogP contribution is -2.39. The van der Waals surface area contributed by atoms with E-state index in [2.05, 4.69) is 5.32 Å². The van der Waals surface area contributed by atoms with Crippen LogP contribution in [0.15, 0.2) is 0 Å². The molecule has 0 fully saturated rings. The van der Waals surface area contributed by atoms with Crippen LogP contribution in [0.25, 0.3) is 0 Å². The molecule has 0 spiro atoms. The maximum atomic E-state index is 11.6. The van der Waals surface area contributed by atoms with Crippen molar-refractivity contribution in [2.24, 2.45) is 0 Å². The minimum Gasteiger partial charge on any atom is -0.396 e. The number of likely N-dealkylation sites (N-methyl/N-ethyl adjacent to an activating group) is 1. The number of aliphatic hydroxyl groups is 1. The third-order valence-corrected chi connectivity index (χ3v) is 3.08. The molecule has 0 rings (SSSR count). The van der Waals surface area contributed by atoms with Crippen LogP contribution in [0.2, 0.25) is 0 Å². The van der Waals surface area contributed by atoms with Crippen LogP contribution in [0.1, 0.15) is 19.8 Å². The maximum Gasteiger partial charge on any atom is 0.239 e. The molecule has 0 aromatic carbocycles. The van der Waals surface area contributed by atoms with Gasteiger partial charge in [-0.05, 0) is 18.6 Å². The Balaban J connectivity index is 3.69. The topological polar surface area (TPSA) is 69.6 Å². The molecule has 0 heterocycles. The summed E-state index contributed by atoms with van der Waals surface area (Å²) >= 11 is 1.48. The summed E-state index contributed by atoms with van der Waals surface area (Å²) in [5.41, 5.74) is 0. The lowest BCUT2D eigenvalue weighted by molar-refractivity contribution is -0.132. The number of aliphatic hydroxyl groups excluding tert-OH is 1. The van der Waals surface area contributed by atoms with E-state index < -0.39 is 0 Å². The van der Waals surface area contributed by atoms with E-state index in [-0.39, 0.29) is 25.0 Å². The predicted molar refractivity (Wildman–Crippen MR) is 70.0 cm³/mol. The Bertz CT molecular complexity index is 237. The molecule has 0 aromatic heterocycles. The summed E-state index contributed by atoms with van der Waals surface area (Å²) in [7, 11) is 1.63. The average Bonchev–Trinajstić information content (AvgIpc) is 2.31. The van der Waals surface area contributed by atoms with Crippen molar-refractivity contribution in [3.63, 3.8) is 0 Å². The van der Waals surface area contributed by atoms with Gasteiger partial charge in [0.2, 0.25) is 11.8 Å². The zero-order valence-electron chi connectivity index (χ0n) is 10.6. The standard InChI is InChI=1S/C11H22N2O3S/c1-3-5-12-10(15)8-13(2)11(16)9-17-7-4-6-14/h14H,3-9H2,1-2H3,(H,12,15). The van der Waals surface area contributed by atoms with Crippen molar-refractivity contribution in [1.29, 1.82) is 0 Å². The van der Waals surface area contributed by atoms with Gasteiger partial charge in [0.15, 0.2) is 0 Å². The second-order valence-corrected chi connectivity index (χ2v) is 4.83. The van der Waals surface area contributed by atoms with Crippen LogP contribution in [0, 0.1) is 0 Å². The van der Waals surface area contributed by atoms with Crippen LogP contribution in [-0.4, -0.2) is 60.1 Å². The summed E-state index contributed by atoms with van der Waals surface area (Å²) < 4.78 is 0.